The molecule has 0 N–H and O–H groups in total. The number of carbonyl (C=O) groups is 4. The van der Waals surface area contributed by atoms with Gasteiger partial charge in [0.2, 0.25) is 11.8 Å². The Kier molecular flexibility index (Phi) is 4.13. The number of rotatable bonds is 2. The summed E-state index contributed by atoms with van der Waals surface area (Å²) in [6.45, 7) is 3.71. The Balaban J connectivity index is 0.000000141. The molecule has 4 aliphatic heterocycles. The first-order chi connectivity index (χ1) is 11.5. The molecule has 4 atom stereocenters. The molecule has 0 radical (unpaired) electrons. The molecule has 0 spiro atoms. The molecule has 4 rings (SSSR count). The first-order valence-electron chi connectivity index (χ1n) is 7.74. The summed E-state index contributed by atoms with van der Waals surface area (Å²) in [7, 11) is 0. The molecule has 4 aliphatic rings. The summed E-state index contributed by atoms with van der Waals surface area (Å²) in [5.41, 5.74) is 0. The minimum absolute atomic E-state index is 0.0681. The van der Waals surface area contributed by atoms with Crippen LogP contribution >= 0.6 is 0 Å². The first kappa shape index (κ1) is 16.2. The van der Waals surface area contributed by atoms with Crippen LogP contribution in [0.4, 0.5) is 0 Å². The van der Waals surface area contributed by atoms with E-state index in [4.69, 9.17) is 9.47 Å². The number of hydrogen-bond acceptors (Lipinski definition) is 6. The van der Waals surface area contributed by atoms with Gasteiger partial charge in [-0.1, -0.05) is 0 Å². The highest BCUT2D eigenvalue weighted by Gasteiger charge is 2.49. The van der Waals surface area contributed by atoms with E-state index in [1.165, 1.54) is 12.2 Å². The van der Waals surface area contributed by atoms with Gasteiger partial charge in [-0.05, 0) is 13.8 Å². The summed E-state index contributed by atoms with van der Waals surface area (Å²) in [5.74, 6) is 1.39. The van der Waals surface area contributed by atoms with Gasteiger partial charge in [0.05, 0.1) is 24.9 Å². The third kappa shape index (κ3) is 2.47. The molecule has 0 aromatic carbocycles. The highest BCUT2D eigenvalue weighted by molar-refractivity contribution is 5.84. The molecule has 8 heteroatoms. The van der Waals surface area contributed by atoms with Crippen LogP contribution in [0.2, 0.25) is 0 Å². The number of allylic oxidation sites excluding steroid dienone is 2. The standard InChI is InChI=1S/2C8H9NO3/c2*1-5-6(2-3-10)12-8-4-7(11)9(5)8/h2*2-3,5,8H,4H2,1H3/t2*5-,8+/m10/s1. The number of amides is 2. The summed E-state index contributed by atoms with van der Waals surface area (Å²) < 4.78 is 10.6. The highest BCUT2D eigenvalue weighted by Crippen LogP contribution is 2.36. The number of nitrogens with zero attached hydrogens (tertiary/aromatic N) is 2. The van der Waals surface area contributed by atoms with E-state index in [1.807, 2.05) is 13.8 Å². The molecule has 4 saturated heterocycles. The Labute approximate surface area is 138 Å². The topological polar surface area (TPSA) is 93.2 Å². The second-order valence-corrected chi connectivity index (χ2v) is 5.92. The van der Waals surface area contributed by atoms with Crippen LogP contribution in [-0.4, -0.2) is 58.7 Å². The second kappa shape index (κ2) is 6.10. The van der Waals surface area contributed by atoms with Gasteiger partial charge in [-0.3, -0.25) is 29.0 Å². The zero-order chi connectivity index (χ0) is 17.4. The molecule has 4 heterocycles. The Morgan fingerprint density at radius 3 is 1.46 bits per heavy atom. The lowest BCUT2D eigenvalue weighted by Gasteiger charge is -2.33. The van der Waals surface area contributed by atoms with Crippen molar-refractivity contribution in [1.82, 2.24) is 9.80 Å². The van der Waals surface area contributed by atoms with Gasteiger partial charge in [0.15, 0.2) is 12.5 Å². The van der Waals surface area contributed by atoms with Gasteiger partial charge in [-0.2, -0.15) is 0 Å². The molecule has 0 saturated carbocycles. The predicted octanol–water partition coefficient (Wildman–Crippen LogP) is 0.0926. The number of carbonyl (C=O) groups excluding carboxylic acids is 4. The predicted molar refractivity (Wildman–Crippen MR) is 79.9 cm³/mol. The fourth-order valence-electron chi connectivity index (χ4n) is 3.21. The number of ether oxygens (including phenoxy) is 2. The molecule has 4 fully saturated rings. The van der Waals surface area contributed by atoms with Crippen molar-refractivity contribution < 1.29 is 28.7 Å². The molecule has 0 aliphatic carbocycles. The summed E-state index contributed by atoms with van der Waals surface area (Å²) in [5, 5.41) is 0. The maximum atomic E-state index is 11.0. The number of fused-ring (bicyclic) bond motifs is 2. The second-order valence-electron chi connectivity index (χ2n) is 5.92. The van der Waals surface area contributed by atoms with Crippen molar-refractivity contribution in [1.29, 1.82) is 0 Å². The van der Waals surface area contributed by atoms with E-state index in [1.54, 1.807) is 9.80 Å². The van der Waals surface area contributed by atoms with Gasteiger partial charge in [0.25, 0.3) is 0 Å². The molecule has 24 heavy (non-hydrogen) atoms. The Morgan fingerprint density at radius 1 is 0.833 bits per heavy atom. The van der Waals surface area contributed by atoms with Crippen LogP contribution in [0.5, 0.6) is 0 Å². The number of hydrogen-bond donors (Lipinski definition) is 0. The number of aldehydes is 2. The average molecular weight is 334 g/mol. The zero-order valence-corrected chi connectivity index (χ0v) is 13.4. The maximum absolute atomic E-state index is 11.0. The lowest BCUT2D eigenvalue weighted by atomic mass is 10.1. The van der Waals surface area contributed by atoms with Gasteiger partial charge >= 0.3 is 0 Å². The minimum Gasteiger partial charge on any atom is -0.472 e. The van der Waals surface area contributed by atoms with Crippen LogP contribution in [0.1, 0.15) is 26.7 Å². The number of β-lactam (4-membered cyclic amide) rings is 2. The van der Waals surface area contributed by atoms with Crippen molar-refractivity contribution in [3.05, 3.63) is 23.7 Å². The Morgan fingerprint density at radius 2 is 1.21 bits per heavy atom. The van der Waals surface area contributed by atoms with Gasteiger partial charge in [0, 0.05) is 12.2 Å². The van der Waals surface area contributed by atoms with E-state index < -0.39 is 0 Å². The van der Waals surface area contributed by atoms with Crippen molar-refractivity contribution in [2.45, 2.75) is 51.2 Å². The monoisotopic (exact) mass is 334 g/mol. The van der Waals surface area contributed by atoms with E-state index in [2.05, 4.69) is 0 Å². The summed E-state index contributed by atoms with van der Waals surface area (Å²) in [4.78, 5) is 45.6. The van der Waals surface area contributed by atoms with Crippen molar-refractivity contribution in [3.8, 4) is 0 Å². The summed E-state index contributed by atoms with van der Waals surface area (Å²) in [6.07, 6.45) is 4.77. The van der Waals surface area contributed by atoms with Crippen LogP contribution < -0.4 is 0 Å². The molecule has 128 valence electrons. The third-order valence-corrected chi connectivity index (χ3v) is 4.56. The zero-order valence-electron chi connectivity index (χ0n) is 13.4. The Hall–Kier alpha value is -2.64. The largest absolute Gasteiger partial charge is 0.472 e. The lowest BCUT2D eigenvalue weighted by molar-refractivity contribution is -0.157. The van der Waals surface area contributed by atoms with Crippen molar-refractivity contribution in [2.24, 2.45) is 0 Å². The van der Waals surface area contributed by atoms with Crippen LogP contribution in [0.15, 0.2) is 23.7 Å². The fraction of sp³-hybridized carbons (Fsp3) is 0.500. The van der Waals surface area contributed by atoms with Gasteiger partial charge in [0.1, 0.15) is 24.1 Å². The molecule has 2 amide bonds. The molecule has 0 aromatic heterocycles. The highest BCUT2D eigenvalue weighted by atomic mass is 16.5. The van der Waals surface area contributed by atoms with E-state index >= 15 is 0 Å². The fourth-order valence-corrected chi connectivity index (χ4v) is 3.21. The van der Waals surface area contributed by atoms with Crippen LogP contribution in [0.25, 0.3) is 0 Å². The molecular weight excluding hydrogens is 316 g/mol. The normalized spacial score (nSPS) is 35.9. The van der Waals surface area contributed by atoms with Gasteiger partial charge in [-0.15, -0.1) is 0 Å². The average Bonchev–Trinajstić information content (AvgIpc) is 2.91. The molecule has 0 bridgehead atoms. The SMILES string of the molecule is C[C@@H]1C(=CC=O)O[C@H]2CC(=O)N21.C[C@H]1C(=CC=O)O[C@@H]2CC(=O)N21. The maximum Gasteiger partial charge on any atom is 0.231 e. The molecule has 0 aromatic rings. The Bertz CT molecular complexity index is 599. The molecule has 8 nitrogen and oxygen atoms in total. The van der Waals surface area contributed by atoms with Crippen LogP contribution in [0.3, 0.4) is 0 Å². The van der Waals surface area contributed by atoms with E-state index in [0.717, 1.165) is 0 Å². The van der Waals surface area contributed by atoms with Gasteiger partial charge < -0.3 is 9.47 Å². The smallest absolute Gasteiger partial charge is 0.231 e. The lowest BCUT2D eigenvalue weighted by Crippen LogP contribution is -2.51. The third-order valence-electron chi connectivity index (χ3n) is 4.56. The van der Waals surface area contributed by atoms with Gasteiger partial charge in [-0.25, -0.2) is 0 Å². The van der Waals surface area contributed by atoms with Crippen LogP contribution in [-0.2, 0) is 28.7 Å². The van der Waals surface area contributed by atoms with E-state index in [-0.39, 0.29) is 36.4 Å². The quantitative estimate of drug-likeness (QED) is 0.404. The first-order valence-corrected chi connectivity index (χ1v) is 7.74. The van der Waals surface area contributed by atoms with Crippen molar-refractivity contribution >= 4 is 24.4 Å². The van der Waals surface area contributed by atoms with Crippen LogP contribution in [0, 0.1) is 0 Å². The molecular formula is C16H18N2O6. The van der Waals surface area contributed by atoms with E-state index in [0.29, 0.717) is 36.9 Å². The van der Waals surface area contributed by atoms with Crippen molar-refractivity contribution in [3.63, 3.8) is 0 Å². The summed E-state index contributed by atoms with van der Waals surface area (Å²) in [6, 6.07) is -0.136. The van der Waals surface area contributed by atoms with E-state index in [9.17, 15) is 19.2 Å². The summed E-state index contributed by atoms with van der Waals surface area (Å²) >= 11 is 0. The molecule has 0 unspecified atom stereocenters. The minimum atomic E-state index is -0.112. The van der Waals surface area contributed by atoms with Crippen molar-refractivity contribution in [2.75, 3.05) is 0 Å².